The van der Waals surface area contributed by atoms with Gasteiger partial charge in [0.1, 0.15) is 5.01 Å². The topological polar surface area (TPSA) is 24.9 Å². The molecule has 0 unspecified atom stereocenters. The Hall–Kier alpha value is -0.410. The Kier molecular flexibility index (Phi) is 4.79. The highest BCUT2D eigenvalue weighted by atomic mass is 32.1. The van der Waals surface area contributed by atoms with E-state index in [1.165, 1.54) is 49.2 Å². The Bertz CT molecular complexity index is 303. The van der Waals surface area contributed by atoms with Crippen LogP contribution in [-0.4, -0.2) is 11.5 Å². The first-order valence-corrected chi connectivity index (χ1v) is 7.43. The van der Waals surface area contributed by atoms with Crippen molar-refractivity contribution in [1.82, 2.24) is 10.3 Å². The van der Waals surface area contributed by atoms with Crippen LogP contribution in [0.2, 0.25) is 0 Å². The molecule has 16 heavy (non-hydrogen) atoms. The summed E-state index contributed by atoms with van der Waals surface area (Å²) < 4.78 is 0. The zero-order chi connectivity index (χ0) is 11.2. The van der Waals surface area contributed by atoms with Crippen LogP contribution in [0.5, 0.6) is 0 Å². The molecule has 90 valence electrons. The third-order valence-electron chi connectivity index (χ3n) is 3.30. The lowest BCUT2D eigenvalue weighted by Crippen LogP contribution is -2.13. The standard InChI is InChI=1S/C13H22N2S/c1-2-8-14-9-13-15-12(10-16-13)11-6-4-3-5-7-11/h10-11,14H,2-9H2,1H3. The molecule has 0 spiro atoms. The number of nitrogens with zero attached hydrogens (tertiary/aromatic N) is 1. The predicted molar refractivity (Wildman–Crippen MR) is 69.9 cm³/mol. The fourth-order valence-electron chi connectivity index (χ4n) is 2.36. The number of nitrogens with one attached hydrogen (secondary N) is 1. The molecule has 2 nitrogen and oxygen atoms in total. The normalized spacial score (nSPS) is 17.8. The van der Waals surface area contributed by atoms with Crippen molar-refractivity contribution >= 4 is 11.3 Å². The molecule has 1 aromatic rings. The van der Waals surface area contributed by atoms with Gasteiger partial charge < -0.3 is 5.32 Å². The third kappa shape index (κ3) is 3.29. The van der Waals surface area contributed by atoms with Crippen molar-refractivity contribution in [3.63, 3.8) is 0 Å². The molecule has 0 bridgehead atoms. The average Bonchev–Trinajstić information content (AvgIpc) is 2.79. The Balaban J connectivity index is 1.85. The number of hydrogen-bond acceptors (Lipinski definition) is 3. The van der Waals surface area contributed by atoms with Crippen molar-refractivity contribution in [2.24, 2.45) is 0 Å². The Morgan fingerprint density at radius 3 is 2.94 bits per heavy atom. The molecular weight excluding hydrogens is 216 g/mol. The van der Waals surface area contributed by atoms with E-state index in [2.05, 4.69) is 17.6 Å². The van der Waals surface area contributed by atoms with Crippen molar-refractivity contribution in [3.8, 4) is 0 Å². The second-order valence-corrected chi connectivity index (χ2v) is 5.62. The zero-order valence-corrected chi connectivity index (χ0v) is 11.0. The van der Waals surface area contributed by atoms with Crippen LogP contribution in [0.4, 0.5) is 0 Å². The molecule has 0 aliphatic heterocycles. The minimum atomic E-state index is 0.755. The van der Waals surface area contributed by atoms with Crippen molar-refractivity contribution in [2.45, 2.75) is 57.9 Å². The van der Waals surface area contributed by atoms with Crippen molar-refractivity contribution in [1.29, 1.82) is 0 Å². The number of hydrogen-bond donors (Lipinski definition) is 1. The summed E-state index contributed by atoms with van der Waals surface area (Å²) in [5, 5.41) is 6.95. The lowest BCUT2D eigenvalue weighted by Gasteiger charge is -2.19. The van der Waals surface area contributed by atoms with Gasteiger partial charge in [0.05, 0.1) is 5.69 Å². The van der Waals surface area contributed by atoms with Gasteiger partial charge >= 0.3 is 0 Å². The molecule has 0 aromatic carbocycles. The Morgan fingerprint density at radius 2 is 2.19 bits per heavy atom. The summed E-state index contributed by atoms with van der Waals surface area (Å²) in [6.45, 7) is 4.24. The molecule has 1 heterocycles. The van der Waals surface area contributed by atoms with Crippen LogP contribution in [0.3, 0.4) is 0 Å². The molecule has 0 amide bonds. The summed E-state index contributed by atoms with van der Waals surface area (Å²) in [6, 6.07) is 0. The molecule has 1 aromatic heterocycles. The van der Waals surface area contributed by atoms with Gasteiger partial charge in [-0.05, 0) is 25.8 Å². The van der Waals surface area contributed by atoms with Crippen LogP contribution >= 0.6 is 11.3 Å². The monoisotopic (exact) mass is 238 g/mol. The largest absolute Gasteiger partial charge is 0.310 e. The third-order valence-corrected chi connectivity index (χ3v) is 4.16. The summed E-state index contributed by atoms with van der Waals surface area (Å²) in [5.41, 5.74) is 1.36. The van der Waals surface area contributed by atoms with E-state index >= 15 is 0 Å². The number of thiazole rings is 1. The second kappa shape index (κ2) is 6.36. The quantitative estimate of drug-likeness (QED) is 0.791. The second-order valence-electron chi connectivity index (χ2n) is 4.68. The first-order valence-electron chi connectivity index (χ1n) is 6.55. The molecule has 1 N–H and O–H groups in total. The first kappa shape index (κ1) is 12.1. The number of rotatable bonds is 5. The van der Waals surface area contributed by atoms with Crippen LogP contribution in [0.15, 0.2) is 5.38 Å². The van der Waals surface area contributed by atoms with Crippen LogP contribution in [0, 0.1) is 0 Å². The maximum Gasteiger partial charge on any atom is 0.107 e. The van der Waals surface area contributed by atoms with Gasteiger partial charge in [-0.15, -0.1) is 11.3 Å². The lowest BCUT2D eigenvalue weighted by atomic mass is 9.87. The minimum Gasteiger partial charge on any atom is -0.310 e. The van der Waals surface area contributed by atoms with Crippen LogP contribution in [0.1, 0.15) is 62.1 Å². The summed E-state index contributed by atoms with van der Waals surface area (Å²) in [7, 11) is 0. The van der Waals surface area contributed by atoms with Gasteiger partial charge in [0.15, 0.2) is 0 Å². The van der Waals surface area contributed by atoms with Gasteiger partial charge in [0.25, 0.3) is 0 Å². The van der Waals surface area contributed by atoms with E-state index in [0.29, 0.717) is 0 Å². The maximum absolute atomic E-state index is 4.76. The zero-order valence-electron chi connectivity index (χ0n) is 10.2. The highest BCUT2D eigenvalue weighted by Gasteiger charge is 2.17. The molecule has 0 atom stereocenters. The molecule has 1 fully saturated rings. The van der Waals surface area contributed by atoms with E-state index in [1.807, 2.05) is 11.3 Å². The predicted octanol–water partition coefficient (Wildman–Crippen LogP) is 3.69. The van der Waals surface area contributed by atoms with Crippen LogP contribution in [-0.2, 0) is 6.54 Å². The fraction of sp³-hybridized carbons (Fsp3) is 0.769. The molecule has 3 heteroatoms. The Labute approximate surface area is 102 Å². The van der Waals surface area contributed by atoms with Crippen molar-refractivity contribution in [2.75, 3.05) is 6.54 Å². The highest BCUT2D eigenvalue weighted by Crippen LogP contribution is 2.32. The van der Waals surface area contributed by atoms with Gasteiger partial charge in [-0.3, -0.25) is 0 Å². The molecule has 2 rings (SSSR count). The van der Waals surface area contributed by atoms with Crippen molar-refractivity contribution < 1.29 is 0 Å². The number of aromatic nitrogens is 1. The van der Waals surface area contributed by atoms with Gasteiger partial charge in [-0.1, -0.05) is 26.2 Å². The van der Waals surface area contributed by atoms with E-state index in [0.717, 1.165) is 19.0 Å². The smallest absolute Gasteiger partial charge is 0.107 e. The minimum absolute atomic E-state index is 0.755. The molecule has 1 saturated carbocycles. The fourth-order valence-corrected chi connectivity index (χ4v) is 3.21. The first-order chi connectivity index (χ1) is 7.90. The average molecular weight is 238 g/mol. The molecular formula is C13H22N2S. The molecule has 0 saturated heterocycles. The maximum atomic E-state index is 4.76. The molecule has 1 aliphatic rings. The van der Waals surface area contributed by atoms with E-state index in [1.54, 1.807) is 0 Å². The van der Waals surface area contributed by atoms with Crippen LogP contribution in [0.25, 0.3) is 0 Å². The lowest BCUT2D eigenvalue weighted by molar-refractivity contribution is 0.437. The molecule has 0 radical (unpaired) electrons. The van der Waals surface area contributed by atoms with E-state index < -0.39 is 0 Å². The summed E-state index contributed by atoms with van der Waals surface area (Å²) in [4.78, 5) is 4.76. The summed E-state index contributed by atoms with van der Waals surface area (Å²) in [5.74, 6) is 0.755. The van der Waals surface area contributed by atoms with Crippen molar-refractivity contribution in [3.05, 3.63) is 16.1 Å². The summed E-state index contributed by atoms with van der Waals surface area (Å²) in [6.07, 6.45) is 8.11. The SMILES string of the molecule is CCCNCc1nc(C2CCCCC2)cs1. The van der Waals surface area contributed by atoms with Gasteiger partial charge in [-0.25, -0.2) is 4.98 Å². The van der Waals surface area contributed by atoms with Crippen LogP contribution < -0.4 is 5.32 Å². The van der Waals surface area contributed by atoms with Gasteiger partial charge in [0, 0.05) is 17.8 Å². The van der Waals surface area contributed by atoms with Gasteiger partial charge in [0.2, 0.25) is 0 Å². The highest BCUT2D eigenvalue weighted by molar-refractivity contribution is 7.09. The molecule has 1 aliphatic carbocycles. The Morgan fingerprint density at radius 1 is 1.38 bits per heavy atom. The van der Waals surface area contributed by atoms with Gasteiger partial charge in [-0.2, -0.15) is 0 Å². The van der Waals surface area contributed by atoms with E-state index in [-0.39, 0.29) is 0 Å². The van der Waals surface area contributed by atoms with E-state index in [4.69, 9.17) is 4.98 Å². The summed E-state index contributed by atoms with van der Waals surface area (Å²) >= 11 is 1.82. The van der Waals surface area contributed by atoms with E-state index in [9.17, 15) is 0 Å².